The zero-order chi connectivity index (χ0) is 18.5. The van der Waals surface area contributed by atoms with E-state index in [0.717, 1.165) is 34.0 Å². The highest BCUT2D eigenvalue weighted by Crippen LogP contribution is 2.27. The van der Waals surface area contributed by atoms with Crippen molar-refractivity contribution in [3.63, 3.8) is 0 Å². The third kappa shape index (κ3) is 4.41. The van der Waals surface area contributed by atoms with Crippen molar-refractivity contribution < 1.29 is 21.5 Å². The predicted octanol–water partition coefficient (Wildman–Crippen LogP) is 2.23. The van der Waals surface area contributed by atoms with Gasteiger partial charge in [-0.1, -0.05) is 38.7 Å². The molecule has 0 atom stereocenters. The minimum absolute atomic E-state index is 0. The van der Waals surface area contributed by atoms with Gasteiger partial charge in [-0.3, -0.25) is 9.97 Å². The first-order chi connectivity index (χ1) is 13.4. The number of fused-ring (bicyclic) bond motifs is 3. The van der Waals surface area contributed by atoms with Gasteiger partial charge in [-0.15, -0.1) is 0 Å². The highest BCUT2D eigenvalue weighted by molar-refractivity contribution is 6.06. The number of pyridine rings is 2. The molecule has 0 aliphatic heterocycles. The fourth-order valence-corrected chi connectivity index (χ4v) is 3.72. The number of hydrogen-bond donors (Lipinski definition) is 0. The lowest BCUT2D eigenvalue weighted by Gasteiger charge is -2.06. The molecule has 0 aliphatic rings. The van der Waals surface area contributed by atoms with Crippen LogP contribution in [0.3, 0.4) is 0 Å². The van der Waals surface area contributed by atoms with Crippen LogP contribution in [0.15, 0.2) is 61.4 Å². The number of benzene rings is 1. The van der Waals surface area contributed by atoms with E-state index >= 15 is 0 Å². The van der Waals surface area contributed by atoms with Crippen molar-refractivity contribution in [1.29, 1.82) is 0 Å². The van der Waals surface area contributed by atoms with E-state index in [2.05, 4.69) is 62.9 Å². The van der Waals surface area contributed by atoms with Crippen LogP contribution in [0.4, 0.5) is 0 Å². The molecule has 0 aliphatic carbocycles. The molecular formula is C23H27BrN4. The molecule has 28 heavy (non-hydrogen) atoms. The van der Waals surface area contributed by atoms with Crippen LogP contribution in [0, 0.1) is 0 Å². The van der Waals surface area contributed by atoms with E-state index in [1.54, 1.807) is 0 Å². The van der Waals surface area contributed by atoms with E-state index in [4.69, 9.17) is 0 Å². The molecule has 4 nitrogen and oxygen atoms in total. The second-order valence-electron chi connectivity index (χ2n) is 7.20. The summed E-state index contributed by atoms with van der Waals surface area (Å²) < 4.78 is 4.49. The summed E-state index contributed by atoms with van der Waals surface area (Å²) >= 11 is 0. The quantitative estimate of drug-likeness (QED) is 0.240. The lowest BCUT2D eigenvalue weighted by atomic mass is 10.1. The number of hydrogen-bond acceptors (Lipinski definition) is 2. The average Bonchev–Trinajstić information content (AvgIpc) is 3.19. The van der Waals surface area contributed by atoms with E-state index in [0.29, 0.717) is 0 Å². The summed E-state index contributed by atoms with van der Waals surface area (Å²) in [6.45, 7) is 3.34. The Bertz CT molecular complexity index is 1040. The predicted molar refractivity (Wildman–Crippen MR) is 110 cm³/mol. The molecule has 4 rings (SSSR count). The fraction of sp³-hybridized carbons (Fsp3) is 0.348. The molecule has 3 aromatic heterocycles. The zero-order valence-electron chi connectivity index (χ0n) is 16.4. The normalized spacial score (nSPS) is 11.0. The van der Waals surface area contributed by atoms with Crippen molar-refractivity contribution in [3.05, 3.63) is 61.4 Å². The molecule has 0 saturated carbocycles. The zero-order valence-corrected chi connectivity index (χ0v) is 18.0. The molecule has 0 amide bonds. The van der Waals surface area contributed by atoms with Gasteiger partial charge in [0.1, 0.15) is 23.6 Å². The number of nitrogens with zero attached hydrogens (tertiary/aromatic N) is 4. The van der Waals surface area contributed by atoms with Crippen LogP contribution < -0.4 is 21.5 Å². The Morgan fingerprint density at radius 1 is 0.929 bits per heavy atom. The van der Waals surface area contributed by atoms with Gasteiger partial charge in [-0.05, 0) is 37.1 Å². The molecule has 0 unspecified atom stereocenters. The van der Waals surface area contributed by atoms with Gasteiger partial charge in [0.15, 0.2) is 0 Å². The smallest absolute Gasteiger partial charge is 0.248 e. The summed E-state index contributed by atoms with van der Waals surface area (Å²) in [7, 11) is 0. The van der Waals surface area contributed by atoms with Crippen LogP contribution in [0.1, 0.15) is 45.4 Å². The maximum absolute atomic E-state index is 4.60. The monoisotopic (exact) mass is 438 g/mol. The minimum atomic E-state index is 0. The minimum Gasteiger partial charge on any atom is -1.00 e. The summed E-state index contributed by atoms with van der Waals surface area (Å²) in [5.74, 6) is 0. The number of unbranched alkanes of at least 4 members (excludes halogenated alkanes) is 5. The number of aryl methyl sites for hydroxylation is 1. The Morgan fingerprint density at radius 3 is 2.54 bits per heavy atom. The third-order valence-electron chi connectivity index (χ3n) is 5.18. The van der Waals surface area contributed by atoms with E-state index in [1.165, 1.54) is 38.5 Å². The molecule has 0 saturated heterocycles. The van der Waals surface area contributed by atoms with Gasteiger partial charge >= 0.3 is 0 Å². The lowest BCUT2D eigenvalue weighted by Crippen LogP contribution is -3.00. The fourth-order valence-electron chi connectivity index (χ4n) is 3.72. The maximum Gasteiger partial charge on any atom is 0.248 e. The molecule has 0 N–H and O–H groups in total. The largest absolute Gasteiger partial charge is 1.00 e. The van der Waals surface area contributed by atoms with Crippen molar-refractivity contribution in [2.75, 3.05) is 0 Å². The standard InChI is InChI=1S/C23H27N4.BrH/c1-2-3-4-5-6-7-14-26-15-16-27(18-26)21-17-19-10-8-12-24-22(19)23-20(21)11-9-13-25-23;/h8-13,15-18H,2-7,14H2,1H3;1H/q+1;/p-1. The van der Waals surface area contributed by atoms with Gasteiger partial charge in [0, 0.05) is 23.2 Å². The van der Waals surface area contributed by atoms with E-state index in [-0.39, 0.29) is 17.0 Å². The molecule has 3 heterocycles. The van der Waals surface area contributed by atoms with Crippen LogP contribution in [0.5, 0.6) is 0 Å². The molecule has 4 aromatic rings. The summed E-state index contributed by atoms with van der Waals surface area (Å²) in [6, 6.07) is 10.4. The average molecular weight is 439 g/mol. The van der Waals surface area contributed by atoms with E-state index in [9.17, 15) is 0 Å². The molecule has 0 fully saturated rings. The van der Waals surface area contributed by atoms with Gasteiger partial charge < -0.3 is 17.0 Å². The van der Waals surface area contributed by atoms with Gasteiger partial charge in [-0.25, -0.2) is 9.13 Å². The van der Waals surface area contributed by atoms with Gasteiger partial charge in [0.25, 0.3) is 0 Å². The van der Waals surface area contributed by atoms with Crippen molar-refractivity contribution in [1.82, 2.24) is 14.5 Å². The van der Waals surface area contributed by atoms with Crippen molar-refractivity contribution in [2.45, 2.75) is 52.0 Å². The van der Waals surface area contributed by atoms with Gasteiger partial charge in [0.05, 0.1) is 12.1 Å². The molecule has 0 bridgehead atoms. The van der Waals surface area contributed by atoms with Crippen LogP contribution in [0.2, 0.25) is 0 Å². The van der Waals surface area contributed by atoms with Crippen LogP contribution in [-0.4, -0.2) is 14.5 Å². The second kappa shape index (κ2) is 9.78. The molecule has 0 spiro atoms. The summed E-state index contributed by atoms with van der Waals surface area (Å²) in [5.41, 5.74) is 3.08. The van der Waals surface area contributed by atoms with Crippen LogP contribution >= 0.6 is 0 Å². The molecule has 5 heteroatoms. The van der Waals surface area contributed by atoms with Crippen molar-refractivity contribution >= 4 is 21.8 Å². The molecule has 146 valence electrons. The lowest BCUT2D eigenvalue weighted by molar-refractivity contribution is -0.696. The Labute approximate surface area is 177 Å². The Kier molecular flexibility index (Phi) is 7.15. The maximum atomic E-state index is 4.60. The van der Waals surface area contributed by atoms with E-state index < -0.39 is 0 Å². The Balaban J connectivity index is 0.00000225. The number of imidazole rings is 1. The van der Waals surface area contributed by atoms with Crippen molar-refractivity contribution in [2.24, 2.45) is 0 Å². The Morgan fingerprint density at radius 2 is 1.68 bits per heavy atom. The first-order valence-electron chi connectivity index (χ1n) is 10.1. The number of aromatic nitrogens is 4. The second-order valence-corrected chi connectivity index (χ2v) is 7.20. The first kappa shape index (κ1) is 20.5. The van der Waals surface area contributed by atoms with E-state index in [1.807, 2.05) is 24.5 Å². The molecular weight excluding hydrogens is 412 g/mol. The summed E-state index contributed by atoms with van der Waals surface area (Å²) in [5, 5.41) is 2.25. The van der Waals surface area contributed by atoms with Gasteiger partial charge in [0.2, 0.25) is 6.33 Å². The first-order valence-corrected chi connectivity index (χ1v) is 10.1. The van der Waals surface area contributed by atoms with Gasteiger partial charge in [-0.2, -0.15) is 0 Å². The summed E-state index contributed by atoms with van der Waals surface area (Å²) in [6.07, 6.45) is 18.1. The topological polar surface area (TPSA) is 34.6 Å². The molecule has 0 radical (unpaired) electrons. The third-order valence-corrected chi connectivity index (χ3v) is 5.18. The number of rotatable bonds is 8. The SMILES string of the molecule is CCCCCCCC[n+]1ccn(-c2cc3cccnc3c3ncccc23)c1.[Br-]. The summed E-state index contributed by atoms with van der Waals surface area (Å²) in [4.78, 5) is 9.15. The van der Waals surface area contributed by atoms with Crippen LogP contribution in [0.25, 0.3) is 27.5 Å². The highest BCUT2D eigenvalue weighted by Gasteiger charge is 2.14. The molecule has 1 aromatic carbocycles. The van der Waals surface area contributed by atoms with Crippen molar-refractivity contribution in [3.8, 4) is 5.69 Å². The van der Waals surface area contributed by atoms with Crippen LogP contribution in [-0.2, 0) is 6.54 Å². The number of halogens is 1. The highest BCUT2D eigenvalue weighted by atomic mass is 79.9. The Hall–Kier alpha value is -2.27.